The SMILES string of the molecule is Cc1ccc(OCC2(O)CCC(C(=O)O)CC2)c(Cl)c1. The van der Waals surface area contributed by atoms with E-state index in [-0.39, 0.29) is 12.5 Å². The van der Waals surface area contributed by atoms with E-state index in [0.29, 0.717) is 36.5 Å². The molecule has 20 heavy (non-hydrogen) atoms. The number of halogens is 1. The minimum Gasteiger partial charge on any atom is -0.489 e. The number of aliphatic hydroxyl groups is 1. The van der Waals surface area contributed by atoms with Gasteiger partial charge in [0.2, 0.25) is 0 Å². The van der Waals surface area contributed by atoms with Gasteiger partial charge in [0.05, 0.1) is 16.5 Å². The van der Waals surface area contributed by atoms with Crippen molar-refractivity contribution in [3.8, 4) is 5.75 Å². The number of carbonyl (C=O) groups is 1. The Kier molecular flexibility index (Phi) is 4.55. The van der Waals surface area contributed by atoms with Crippen molar-refractivity contribution in [2.24, 2.45) is 5.92 Å². The summed E-state index contributed by atoms with van der Waals surface area (Å²) in [6.07, 6.45) is 1.84. The number of rotatable bonds is 4. The molecule has 2 rings (SSSR count). The van der Waals surface area contributed by atoms with Gasteiger partial charge < -0.3 is 14.9 Å². The fourth-order valence-electron chi connectivity index (χ4n) is 2.48. The van der Waals surface area contributed by atoms with Gasteiger partial charge in [-0.05, 0) is 50.3 Å². The van der Waals surface area contributed by atoms with Crippen LogP contribution in [0.2, 0.25) is 5.02 Å². The molecule has 5 heteroatoms. The summed E-state index contributed by atoms with van der Waals surface area (Å²) >= 11 is 6.07. The molecule has 0 spiro atoms. The van der Waals surface area contributed by atoms with Gasteiger partial charge in [-0.25, -0.2) is 0 Å². The monoisotopic (exact) mass is 298 g/mol. The number of benzene rings is 1. The normalized spacial score (nSPS) is 26.2. The lowest BCUT2D eigenvalue weighted by atomic mass is 9.79. The Morgan fingerprint density at radius 2 is 2.10 bits per heavy atom. The van der Waals surface area contributed by atoms with Crippen LogP contribution < -0.4 is 4.74 Å². The van der Waals surface area contributed by atoms with Crippen LogP contribution in [0.15, 0.2) is 18.2 Å². The lowest BCUT2D eigenvalue weighted by Crippen LogP contribution is -2.41. The van der Waals surface area contributed by atoms with E-state index in [4.69, 9.17) is 21.4 Å². The second kappa shape index (κ2) is 6.02. The molecule has 0 unspecified atom stereocenters. The van der Waals surface area contributed by atoms with E-state index < -0.39 is 11.6 Å². The molecule has 2 N–H and O–H groups in total. The van der Waals surface area contributed by atoms with E-state index in [1.807, 2.05) is 19.1 Å². The number of ether oxygens (including phenoxy) is 1. The molecule has 1 fully saturated rings. The van der Waals surface area contributed by atoms with Crippen LogP contribution in [0.3, 0.4) is 0 Å². The largest absolute Gasteiger partial charge is 0.489 e. The average molecular weight is 299 g/mol. The van der Waals surface area contributed by atoms with Gasteiger partial charge >= 0.3 is 5.97 Å². The minimum absolute atomic E-state index is 0.141. The summed E-state index contributed by atoms with van der Waals surface area (Å²) in [5, 5.41) is 19.9. The molecule has 0 aromatic heterocycles. The average Bonchev–Trinajstić information content (AvgIpc) is 2.38. The molecule has 1 aliphatic rings. The third-order valence-electron chi connectivity index (χ3n) is 3.85. The quantitative estimate of drug-likeness (QED) is 0.896. The Morgan fingerprint density at radius 3 is 2.65 bits per heavy atom. The minimum atomic E-state index is -0.958. The van der Waals surface area contributed by atoms with Crippen LogP contribution in [-0.2, 0) is 4.79 Å². The third-order valence-corrected chi connectivity index (χ3v) is 4.14. The van der Waals surface area contributed by atoms with E-state index >= 15 is 0 Å². The van der Waals surface area contributed by atoms with Gasteiger partial charge in [0.25, 0.3) is 0 Å². The molecule has 0 radical (unpaired) electrons. The molecule has 0 heterocycles. The third kappa shape index (κ3) is 3.64. The molecule has 0 saturated heterocycles. The Morgan fingerprint density at radius 1 is 1.45 bits per heavy atom. The fraction of sp³-hybridized carbons (Fsp3) is 0.533. The highest BCUT2D eigenvalue weighted by atomic mass is 35.5. The van der Waals surface area contributed by atoms with Gasteiger partial charge in [0.15, 0.2) is 0 Å². The van der Waals surface area contributed by atoms with Crippen molar-refractivity contribution in [2.45, 2.75) is 38.2 Å². The number of aryl methyl sites for hydroxylation is 1. The highest BCUT2D eigenvalue weighted by Gasteiger charge is 2.36. The molecular weight excluding hydrogens is 280 g/mol. The zero-order valence-electron chi connectivity index (χ0n) is 11.4. The standard InChI is InChI=1S/C15H19ClO4/c1-10-2-3-13(12(16)8-10)20-9-15(19)6-4-11(5-7-15)14(17)18/h2-3,8,11,19H,4-7,9H2,1H3,(H,17,18). The lowest BCUT2D eigenvalue weighted by Gasteiger charge is -2.34. The zero-order valence-corrected chi connectivity index (χ0v) is 12.2. The van der Waals surface area contributed by atoms with Crippen molar-refractivity contribution in [3.05, 3.63) is 28.8 Å². The summed E-state index contributed by atoms with van der Waals surface area (Å²) in [5.74, 6) is -0.584. The van der Waals surface area contributed by atoms with Crippen LogP contribution >= 0.6 is 11.6 Å². The summed E-state index contributed by atoms with van der Waals surface area (Å²) in [6, 6.07) is 5.48. The maximum Gasteiger partial charge on any atom is 0.306 e. The maximum atomic E-state index is 10.9. The van der Waals surface area contributed by atoms with Crippen LogP contribution in [-0.4, -0.2) is 28.4 Å². The van der Waals surface area contributed by atoms with Crippen molar-refractivity contribution >= 4 is 17.6 Å². The van der Waals surface area contributed by atoms with E-state index in [2.05, 4.69) is 0 Å². The van der Waals surface area contributed by atoms with Crippen molar-refractivity contribution in [2.75, 3.05) is 6.61 Å². The van der Waals surface area contributed by atoms with Gasteiger partial charge in [-0.2, -0.15) is 0 Å². The highest BCUT2D eigenvalue weighted by Crippen LogP contribution is 2.34. The molecule has 1 aromatic carbocycles. The summed E-state index contributed by atoms with van der Waals surface area (Å²) in [4.78, 5) is 10.9. The van der Waals surface area contributed by atoms with E-state index in [1.165, 1.54) is 0 Å². The van der Waals surface area contributed by atoms with Gasteiger partial charge in [0, 0.05) is 0 Å². The van der Waals surface area contributed by atoms with E-state index in [1.54, 1.807) is 6.07 Å². The molecule has 0 atom stereocenters. The van der Waals surface area contributed by atoms with Gasteiger partial charge in [0.1, 0.15) is 12.4 Å². The summed E-state index contributed by atoms with van der Waals surface area (Å²) < 4.78 is 5.60. The van der Waals surface area contributed by atoms with Crippen molar-refractivity contribution in [1.82, 2.24) is 0 Å². The predicted octanol–water partition coefficient (Wildman–Crippen LogP) is 3.03. The molecule has 1 saturated carbocycles. The maximum absolute atomic E-state index is 10.9. The van der Waals surface area contributed by atoms with Crippen molar-refractivity contribution in [3.63, 3.8) is 0 Å². The molecule has 0 bridgehead atoms. The summed E-state index contributed by atoms with van der Waals surface area (Å²) in [5.41, 5.74) is 0.0863. The summed E-state index contributed by atoms with van der Waals surface area (Å²) in [6.45, 7) is 2.08. The molecule has 4 nitrogen and oxygen atoms in total. The first-order valence-electron chi connectivity index (χ1n) is 6.74. The Labute approximate surface area is 123 Å². The van der Waals surface area contributed by atoms with Gasteiger partial charge in [-0.1, -0.05) is 17.7 Å². The van der Waals surface area contributed by atoms with Crippen molar-refractivity contribution < 1.29 is 19.7 Å². The van der Waals surface area contributed by atoms with Crippen LogP contribution in [0, 0.1) is 12.8 Å². The number of carboxylic acids is 1. The predicted molar refractivity (Wildman–Crippen MR) is 76.2 cm³/mol. The summed E-state index contributed by atoms with van der Waals surface area (Å²) in [7, 11) is 0. The number of hydrogen-bond acceptors (Lipinski definition) is 3. The van der Waals surface area contributed by atoms with E-state index in [9.17, 15) is 9.90 Å². The first-order chi connectivity index (χ1) is 9.39. The second-order valence-electron chi connectivity index (χ2n) is 5.56. The van der Waals surface area contributed by atoms with E-state index in [0.717, 1.165) is 5.56 Å². The fourth-order valence-corrected chi connectivity index (χ4v) is 2.77. The van der Waals surface area contributed by atoms with Crippen LogP contribution in [0.25, 0.3) is 0 Å². The van der Waals surface area contributed by atoms with Crippen molar-refractivity contribution in [1.29, 1.82) is 0 Å². The Hall–Kier alpha value is -1.26. The Balaban J connectivity index is 1.92. The zero-order chi connectivity index (χ0) is 14.8. The van der Waals surface area contributed by atoms with Gasteiger partial charge in [-0.15, -0.1) is 0 Å². The Bertz CT molecular complexity index is 493. The molecule has 110 valence electrons. The van der Waals surface area contributed by atoms with Crippen LogP contribution in [0.4, 0.5) is 0 Å². The molecular formula is C15H19ClO4. The molecule has 1 aromatic rings. The molecule has 0 amide bonds. The number of aliphatic carboxylic acids is 1. The number of hydrogen-bond donors (Lipinski definition) is 2. The van der Waals surface area contributed by atoms with Gasteiger partial charge in [-0.3, -0.25) is 4.79 Å². The lowest BCUT2D eigenvalue weighted by molar-refractivity contribution is -0.145. The van der Waals surface area contributed by atoms with Crippen LogP contribution in [0.1, 0.15) is 31.2 Å². The van der Waals surface area contributed by atoms with Crippen LogP contribution in [0.5, 0.6) is 5.75 Å². The smallest absolute Gasteiger partial charge is 0.306 e. The first kappa shape index (κ1) is 15.1. The molecule has 0 aliphatic heterocycles. The molecule has 1 aliphatic carbocycles. The topological polar surface area (TPSA) is 66.8 Å². The second-order valence-corrected chi connectivity index (χ2v) is 5.97. The highest BCUT2D eigenvalue weighted by molar-refractivity contribution is 6.32. The first-order valence-corrected chi connectivity index (χ1v) is 7.11. The number of carboxylic acid groups (broad SMARTS) is 1.